The monoisotopic (exact) mass is 109 g/mol. The molecule has 8 heavy (non-hydrogen) atoms. The van der Waals surface area contributed by atoms with Gasteiger partial charge in [0.25, 0.3) is 0 Å². The van der Waals surface area contributed by atoms with Gasteiger partial charge in [-0.3, -0.25) is 0 Å². The van der Waals surface area contributed by atoms with E-state index in [9.17, 15) is 0 Å². The van der Waals surface area contributed by atoms with Crippen molar-refractivity contribution in [1.82, 2.24) is 0 Å². The van der Waals surface area contributed by atoms with Gasteiger partial charge in [0.15, 0.2) is 0 Å². The third-order valence-corrected chi connectivity index (χ3v) is 0.728. The molecule has 0 aliphatic heterocycles. The predicted octanol–water partition coefficient (Wildman–Crippen LogP) is 0.426. The fourth-order valence-electron chi connectivity index (χ4n) is 0.422. The van der Waals surface area contributed by atoms with Crippen LogP contribution in [0.25, 0.3) is 0 Å². The van der Waals surface area contributed by atoms with Gasteiger partial charge in [0.2, 0.25) is 0 Å². The summed E-state index contributed by atoms with van der Waals surface area (Å²) in [5.41, 5.74) is 0. The van der Waals surface area contributed by atoms with Gasteiger partial charge in [-0.15, -0.1) is 0 Å². The van der Waals surface area contributed by atoms with Gasteiger partial charge in [-0.1, -0.05) is 0 Å². The second-order valence-electron chi connectivity index (χ2n) is 1.26. The van der Waals surface area contributed by atoms with Gasteiger partial charge in [0, 0.05) is 0 Å². The summed E-state index contributed by atoms with van der Waals surface area (Å²) in [5.74, 6) is 2.27. The fraction of sp³-hybridized carbons (Fsp3) is 0. The van der Waals surface area contributed by atoms with Gasteiger partial charge in [-0.25, -0.2) is 0 Å². The van der Waals surface area contributed by atoms with Crippen molar-refractivity contribution in [3.05, 3.63) is 17.8 Å². The second-order valence-corrected chi connectivity index (χ2v) is 1.26. The molecule has 0 atom stereocenters. The van der Waals surface area contributed by atoms with E-state index in [1.54, 1.807) is 12.0 Å². The van der Waals surface area contributed by atoms with Crippen LogP contribution in [-0.4, -0.2) is 18.5 Å². The van der Waals surface area contributed by atoms with Crippen LogP contribution in [0.2, 0.25) is 0 Å². The van der Waals surface area contributed by atoms with Crippen LogP contribution in [0.3, 0.4) is 0 Å². The predicted molar refractivity (Wildman–Crippen MR) is 29.4 cm³/mol. The molecule has 40 valence electrons. The first-order chi connectivity index (χ1) is 3.93. The Morgan fingerprint density at radius 1 is 1.88 bits per heavy atom. The first-order valence-corrected chi connectivity index (χ1v) is 2.14. The number of nitrogens with zero attached hydrogens (tertiary/aromatic N) is 1. The SMILES string of the molecule is ON=Cc1ccbo1. The van der Waals surface area contributed by atoms with Crippen LogP contribution in [0.15, 0.2) is 21.5 Å². The molecular weight excluding hydrogens is 105 g/mol. The first kappa shape index (κ1) is 5.09. The molecule has 3 nitrogen and oxygen atoms in total. The van der Waals surface area contributed by atoms with Crippen LogP contribution < -0.4 is 0 Å². The zero-order valence-corrected chi connectivity index (χ0v) is 4.11. The minimum absolute atomic E-state index is 0.549. The number of hydrogen-bond acceptors (Lipinski definition) is 3. The summed E-state index contributed by atoms with van der Waals surface area (Å²) in [5, 5.41) is 10.7. The van der Waals surface area contributed by atoms with E-state index in [1.807, 2.05) is 0 Å². The molecule has 0 fully saturated rings. The Morgan fingerprint density at radius 3 is 3.25 bits per heavy atom. The molecule has 0 saturated heterocycles. The van der Waals surface area contributed by atoms with E-state index in [0.717, 1.165) is 0 Å². The van der Waals surface area contributed by atoms with E-state index in [2.05, 4.69) is 5.16 Å². The first-order valence-electron chi connectivity index (χ1n) is 2.14. The number of oxime groups is 1. The van der Waals surface area contributed by atoms with Crippen LogP contribution in [0.5, 0.6) is 0 Å². The average Bonchev–Trinajstić information content (AvgIpc) is 2.19. The molecule has 0 saturated carbocycles. The van der Waals surface area contributed by atoms with Crippen molar-refractivity contribution >= 4 is 13.3 Å². The van der Waals surface area contributed by atoms with E-state index in [0.29, 0.717) is 5.76 Å². The molecule has 0 amide bonds. The van der Waals surface area contributed by atoms with Crippen molar-refractivity contribution in [2.45, 2.75) is 0 Å². The molecule has 0 spiro atoms. The van der Waals surface area contributed by atoms with E-state index in [-0.39, 0.29) is 0 Å². The Bertz CT molecular complexity index is 170. The summed E-state index contributed by atoms with van der Waals surface area (Å²) < 4.78 is 4.76. The van der Waals surface area contributed by atoms with E-state index in [4.69, 9.17) is 9.54 Å². The Morgan fingerprint density at radius 2 is 2.75 bits per heavy atom. The number of hydrogen-bond donors (Lipinski definition) is 1. The van der Waals surface area contributed by atoms with Crippen molar-refractivity contribution < 1.29 is 9.54 Å². The van der Waals surface area contributed by atoms with Crippen molar-refractivity contribution in [1.29, 1.82) is 0 Å². The van der Waals surface area contributed by atoms with Gasteiger partial charge in [0.05, 0.1) is 0 Å². The summed E-state index contributed by atoms with van der Waals surface area (Å²) >= 11 is 0. The normalized spacial score (nSPS) is 10.0. The van der Waals surface area contributed by atoms with Crippen molar-refractivity contribution in [3.63, 3.8) is 0 Å². The van der Waals surface area contributed by atoms with Crippen molar-refractivity contribution in [3.8, 4) is 0 Å². The molecule has 0 aromatic carbocycles. The van der Waals surface area contributed by atoms with E-state index in [1.165, 1.54) is 13.3 Å². The zero-order valence-electron chi connectivity index (χ0n) is 4.11. The van der Waals surface area contributed by atoms with Gasteiger partial charge in [-0.2, -0.15) is 0 Å². The topological polar surface area (TPSA) is 45.7 Å². The second kappa shape index (κ2) is 2.30. The molecule has 4 heteroatoms. The molecule has 0 aliphatic carbocycles. The molecule has 0 bridgehead atoms. The third-order valence-electron chi connectivity index (χ3n) is 0.728. The van der Waals surface area contributed by atoms with E-state index < -0.39 is 0 Å². The van der Waals surface area contributed by atoms with Gasteiger partial charge in [-0.05, 0) is 0 Å². The third kappa shape index (κ3) is 0.962. The molecule has 1 N–H and O–H groups in total. The molecular formula is C4H4BNO2. The fourth-order valence-corrected chi connectivity index (χ4v) is 0.422. The van der Waals surface area contributed by atoms with Gasteiger partial charge >= 0.3 is 45.8 Å². The Balaban J connectivity index is 2.77. The molecule has 1 rings (SSSR count). The van der Waals surface area contributed by atoms with Gasteiger partial charge in [0.1, 0.15) is 0 Å². The van der Waals surface area contributed by atoms with Crippen molar-refractivity contribution in [2.75, 3.05) is 0 Å². The minimum atomic E-state index is 0.549. The maximum absolute atomic E-state index is 7.95. The summed E-state index contributed by atoms with van der Waals surface area (Å²) in [6.07, 6.45) is 1.22. The summed E-state index contributed by atoms with van der Waals surface area (Å²) in [7, 11) is 1.51. The van der Waals surface area contributed by atoms with Crippen molar-refractivity contribution in [2.24, 2.45) is 5.16 Å². The van der Waals surface area contributed by atoms with Crippen LogP contribution >= 0.6 is 0 Å². The van der Waals surface area contributed by atoms with E-state index >= 15 is 0 Å². The van der Waals surface area contributed by atoms with Crippen LogP contribution in [0, 0.1) is 0 Å². The quantitative estimate of drug-likeness (QED) is 0.322. The molecule has 0 radical (unpaired) electrons. The van der Waals surface area contributed by atoms with Crippen LogP contribution in [-0.2, 0) is 0 Å². The molecule has 1 heterocycles. The molecule has 1 aromatic heterocycles. The molecule has 1 aromatic rings. The van der Waals surface area contributed by atoms with Gasteiger partial charge < -0.3 is 0 Å². The van der Waals surface area contributed by atoms with Crippen LogP contribution in [0.4, 0.5) is 0 Å². The Hall–Kier alpha value is -1.06. The van der Waals surface area contributed by atoms with Crippen LogP contribution in [0.1, 0.15) is 5.76 Å². The standard InChI is InChI=1S/C4H4BNO2/c7-6-3-4-1-2-5-8-4/h1-3,7H. The maximum atomic E-state index is 7.95. The molecule has 0 aliphatic rings. The summed E-state index contributed by atoms with van der Waals surface area (Å²) in [6.45, 7) is 0. The molecule has 0 unspecified atom stereocenters. The summed E-state index contributed by atoms with van der Waals surface area (Å²) in [4.78, 5) is 0. The zero-order chi connectivity index (χ0) is 5.82. The average molecular weight is 109 g/mol. The summed E-state index contributed by atoms with van der Waals surface area (Å²) in [6, 6.07) is 1.69. The Kier molecular flexibility index (Phi) is 1.46. The Labute approximate surface area is 46.9 Å². The number of rotatable bonds is 1.